The number of ether oxygens (including phenoxy) is 1. The van der Waals surface area contributed by atoms with Crippen LogP contribution in [0.1, 0.15) is 61.3 Å². The molecule has 6 rings (SSSR count). The van der Waals surface area contributed by atoms with Gasteiger partial charge in [-0.3, -0.25) is 4.79 Å². The van der Waals surface area contributed by atoms with Crippen LogP contribution in [0.15, 0.2) is 29.6 Å². The highest BCUT2D eigenvalue weighted by atomic mass is 32.2. The van der Waals surface area contributed by atoms with Gasteiger partial charge in [0.2, 0.25) is 11.8 Å². The molecule has 4 N–H and O–H groups in total. The number of carbonyl (C=O) groups is 2. The van der Waals surface area contributed by atoms with Crippen molar-refractivity contribution in [1.82, 2.24) is 25.9 Å². The second-order valence-electron chi connectivity index (χ2n) is 9.83. The molecule has 1 aliphatic carbocycles. The van der Waals surface area contributed by atoms with Gasteiger partial charge in [-0.25, -0.2) is 14.8 Å². The highest BCUT2D eigenvalue weighted by Crippen LogP contribution is 2.60. The number of piperidine rings is 1. The molecule has 35 heavy (non-hydrogen) atoms. The van der Waals surface area contributed by atoms with Gasteiger partial charge in [0.05, 0.1) is 11.7 Å². The van der Waals surface area contributed by atoms with Crippen molar-refractivity contribution in [1.29, 1.82) is 0 Å². The molecule has 2 aromatic heterocycles. The lowest BCUT2D eigenvalue weighted by Gasteiger charge is -2.38. The third-order valence-electron chi connectivity index (χ3n) is 7.47. The number of urea groups is 1. The summed E-state index contributed by atoms with van der Waals surface area (Å²) in [5.74, 6) is 0.445. The third kappa shape index (κ3) is 3.92. The minimum absolute atomic E-state index is 0.0283. The lowest BCUT2D eigenvalue weighted by molar-refractivity contribution is -0.125. The van der Waals surface area contributed by atoms with E-state index in [1.807, 2.05) is 13.0 Å². The van der Waals surface area contributed by atoms with Crippen LogP contribution in [-0.4, -0.2) is 47.1 Å². The van der Waals surface area contributed by atoms with E-state index >= 15 is 0 Å². The van der Waals surface area contributed by atoms with Gasteiger partial charge in [0.15, 0.2) is 4.75 Å². The second-order valence-corrected chi connectivity index (χ2v) is 11.1. The quantitative estimate of drug-likeness (QED) is 0.504. The predicted octanol–water partition coefficient (Wildman–Crippen LogP) is 3.15. The van der Waals surface area contributed by atoms with Gasteiger partial charge in [-0.2, -0.15) is 0 Å². The number of aromatic nitrogens is 2. The van der Waals surface area contributed by atoms with E-state index in [9.17, 15) is 9.59 Å². The molecule has 2 fully saturated rings. The van der Waals surface area contributed by atoms with Crippen LogP contribution in [0, 0.1) is 6.92 Å². The largest absolute Gasteiger partial charge is 0.474 e. The first kappa shape index (κ1) is 22.6. The summed E-state index contributed by atoms with van der Waals surface area (Å²) in [7, 11) is 0. The number of thioether (sulfide) groups is 1. The van der Waals surface area contributed by atoms with E-state index in [1.165, 1.54) is 24.6 Å². The summed E-state index contributed by atoms with van der Waals surface area (Å²) in [6.45, 7) is 3.67. The van der Waals surface area contributed by atoms with Gasteiger partial charge in [0, 0.05) is 42.2 Å². The first-order chi connectivity index (χ1) is 17.0. The minimum Gasteiger partial charge on any atom is -0.474 e. The van der Waals surface area contributed by atoms with Crippen molar-refractivity contribution >= 4 is 29.4 Å². The molecule has 3 amide bonds. The minimum atomic E-state index is -1.14. The van der Waals surface area contributed by atoms with E-state index in [1.54, 1.807) is 18.5 Å². The van der Waals surface area contributed by atoms with Crippen LogP contribution in [0.25, 0.3) is 0 Å². The standard InChI is InChI=1S/C25H30N6O3S/c1-14-11-19(34-16-6-2-3-7-16)28-13-17(14)25(23(32)29-15-5-4-9-26-12-15)21-20-18(30-24(33)31-21)8-10-27-22(20)35-25/h8,10-11,13,15-16,21,26H,2-7,9,12H2,1H3,(H,29,32)(H2,30,31,33). The lowest BCUT2D eigenvalue weighted by atomic mass is 9.83. The Morgan fingerprint density at radius 3 is 2.86 bits per heavy atom. The maximum atomic E-state index is 14.2. The number of amides is 3. The fourth-order valence-corrected chi connectivity index (χ4v) is 7.27. The molecule has 184 valence electrons. The first-order valence-corrected chi connectivity index (χ1v) is 13.3. The monoisotopic (exact) mass is 494 g/mol. The zero-order valence-corrected chi connectivity index (χ0v) is 20.5. The Labute approximate surface area is 208 Å². The van der Waals surface area contributed by atoms with Crippen LogP contribution in [-0.2, 0) is 9.54 Å². The zero-order valence-electron chi connectivity index (χ0n) is 19.7. The van der Waals surface area contributed by atoms with Crippen LogP contribution >= 0.6 is 11.8 Å². The molecule has 0 aromatic carbocycles. The number of rotatable bonds is 5. The predicted molar refractivity (Wildman–Crippen MR) is 133 cm³/mol. The highest BCUT2D eigenvalue weighted by Gasteiger charge is 2.58. The van der Waals surface area contributed by atoms with Crippen molar-refractivity contribution in [3.8, 4) is 5.88 Å². The number of hydrogen-bond donors (Lipinski definition) is 4. The zero-order chi connectivity index (χ0) is 24.0. The Hall–Kier alpha value is -2.85. The van der Waals surface area contributed by atoms with Crippen molar-refractivity contribution in [2.24, 2.45) is 0 Å². The number of nitrogens with one attached hydrogen (secondary N) is 4. The summed E-state index contributed by atoms with van der Waals surface area (Å²) in [5, 5.41) is 13.3. The molecular formula is C25H30N6O3S. The molecule has 3 atom stereocenters. The summed E-state index contributed by atoms with van der Waals surface area (Å²) < 4.78 is 5.00. The molecule has 0 spiro atoms. The van der Waals surface area contributed by atoms with Crippen molar-refractivity contribution < 1.29 is 14.3 Å². The summed E-state index contributed by atoms with van der Waals surface area (Å²) >= 11 is 1.40. The first-order valence-electron chi connectivity index (χ1n) is 12.5. The Balaban J connectivity index is 1.41. The van der Waals surface area contributed by atoms with Gasteiger partial charge in [-0.15, -0.1) is 0 Å². The fourth-order valence-electron chi connectivity index (χ4n) is 5.74. The number of pyridine rings is 2. The van der Waals surface area contributed by atoms with Crippen molar-refractivity contribution in [2.75, 3.05) is 18.4 Å². The average molecular weight is 495 g/mol. The lowest BCUT2D eigenvalue weighted by Crippen LogP contribution is -2.56. The van der Waals surface area contributed by atoms with Crippen LogP contribution in [0.5, 0.6) is 5.88 Å². The van der Waals surface area contributed by atoms with Crippen molar-refractivity contribution in [3.05, 3.63) is 41.2 Å². The molecule has 3 aliphatic heterocycles. The van der Waals surface area contributed by atoms with E-state index in [2.05, 4.69) is 31.2 Å². The van der Waals surface area contributed by atoms with E-state index < -0.39 is 10.8 Å². The maximum Gasteiger partial charge on any atom is 0.319 e. The van der Waals surface area contributed by atoms with E-state index in [0.717, 1.165) is 60.5 Å². The van der Waals surface area contributed by atoms with Crippen LogP contribution in [0.4, 0.5) is 10.5 Å². The fraction of sp³-hybridized carbons (Fsp3) is 0.520. The number of aryl methyl sites for hydroxylation is 1. The van der Waals surface area contributed by atoms with Crippen LogP contribution in [0.3, 0.4) is 0 Å². The van der Waals surface area contributed by atoms with Crippen LogP contribution in [0.2, 0.25) is 0 Å². The number of carbonyl (C=O) groups excluding carboxylic acids is 2. The van der Waals surface area contributed by atoms with Crippen LogP contribution < -0.4 is 26.0 Å². The summed E-state index contributed by atoms with van der Waals surface area (Å²) in [4.78, 5) is 36.1. The second kappa shape index (κ2) is 8.98. The molecule has 10 heteroatoms. The number of anilines is 1. The molecule has 3 unspecified atom stereocenters. The number of hydrogen-bond acceptors (Lipinski definition) is 7. The molecule has 0 radical (unpaired) electrons. The Bertz CT molecular complexity index is 1160. The Morgan fingerprint density at radius 1 is 1.23 bits per heavy atom. The molecule has 1 saturated carbocycles. The van der Waals surface area contributed by atoms with E-state index in [-0.39, 0.29) is 24.1 Å². The number of nitrogens with zero attached hydrogens (tertiary/aromatic N) is 2. The van der Waals surface area contributed by atoms with Gasteiger partial charge in [0.25, 0.3) is 0 Å². The molecular weight excluding hydrogens is 464 g/mol. The SMILES string of the molecule is Cc1cc(OC2CCCC2)ncc1C1(C(=O)NC2CCCNC2)Sc2nccc3c2C1NC(=O)N3. The third-order valence-corrected chi connectivity index (χ3v) is 8.96. The summed E-state index contributed by atoms with van der Waals surface area (Å²) in [6.07, 6.45) is 10.0. The maximum absolute atomic E-state index is 14.2. The van der Waals surface area contributed by atoms with E-state index in [4.69, 9.17) is 4.74 Å². The van der Waals surface area contributed by atoms with Gasteiger partial charge >= 0.3 is 6.03 Å². The summed E-state index contributed by atoms with van der Waals surface area (Å²) in [5.41, 5.74) is 3.20. The van der Waals surface area contributed by atoms with Gasteiger partial charge < -0.3 is 26.0 Å². The smallest absolute Gasteiger partial charge is 0.319 e. The van der Waals surface area contributed by atoms with Gasteiger partial charge in [-0.05, 0) is 63.6 Å². The Morgan fingerprint density at radius 2 is 2.09 bits per heavy atom. The van der Waals surface area contributed by atoms with Gasteiger partial charge in [-0.1, -0.05) is 11.8 Å². The van der Waals surface area contributed by atoms with Crippen molar-refractivity contribution in [2.45, 2.75) is 73.4 Å². The normalized spacial score (nSPS) is 27.6. The molecule has 4 aliphatic rings. The molecule has 5 heterocycles. The molecule has 1 saturated heterocycles. The molecule has 9 nitrogen and oxygen atoms in total. The van der Waals surface area contributed by atoms with Gasteiger partial charge in [0.1, 0.15) is 11.1 Å². The highest BCUT2D eigenvalue weighted by molar-refractivity contribution is 8.01. The summed E-state index contributed by atoms with van der Waals surface area (Å²) in [6, 6.07) is 2.84. The van der Waals surface area contributed by atoms with Crippen molar-refractivity contribution in [3.63, 3.8) is 0 Å². The topological polar surface area (TPSA) is 117 Å². The van der Waals surface area contributed by atoms with E-state index in [0.29, 0.717) is 11.6 Å². The molecule has 0 bridgehead atoms. The average Bonchev–Trinajstić information content (AvgIpc) is 3.47. The molecule has 2 aromatic rings. The Kier molecular flexibility index (Phi) is 5.80.